The van der Waals surface area contributed by atoms with E-state index in [2.05, 4.69) is 4.72 Å². The Morgan fingerprint density at radius 1 is 1.07 bits per heavy atom. The number of nitrogens with one attached hydrogen (secondary N) is 1. The number of anilines is 1. The predicted molar refractivity (Wildman–Crippen MR) is 163 cm³/mol. The minimum Gasteiger partial charge on any atom is -0.497 e. The van der Waals surface area contributed by atoms with Crippen molar-refractivity contribution in [2.45, 2.75) is 35.8 Å². The molecule has 0 saturated heterocycles. The largest absolute Gasteiger partial charge is 0.497 e. The van der Waals surface area contributed by atoms with Crippen LogP contribution in [0.1, 0.15) is 24.2 Å². The second kappa shape index (κ2) is 13.1. The second-order valence-corrected chi connectivity index (χ2v) is 14.5. The molecule has 0 bridgehead atoms. The molecule has 232 valence electrons. The van der Waals surface area contributed by atoms with Crippen molar-refractivity contribution < 1.29 is 36.2 Å². The molecule has 43 heavy (non-hydrogen) atoms. The van der Waals surface area contributed by atoms with Crippen molar-refractivity contribution in [3.63, 3.8) is 0 Å². The average Bonchev–Trinajstić information content (AvgIpc) is 2.98. The summed E-state index contributed by atoms with van der Waals surface area (Å²) in [6.45, 7) is 3.32. The molecule has 0 aliphatic carbocycles. The number of likely N-dealkylation sites (N-methyl/N-ethyl adjacent to an activating group) is 1. The minimum absolute atomic E-state index is 0.0169. The lowest BCUT2D eigenvalue weighted by molar-refractivity contribution is 0.0387. The summed E-state index contributed by atoms with van der Waals surface area (Å²) in [4.78, 5) is 15.3. The molecule has 1 heterocycles. The Labute approximate surface area is 257 Å². The third-order valence-corrected chi connectivity index (χ3v) is 10.7. The van der Waals surface area contributed by atoms with Crippen LogP contribution >= 0.6 is 11.6 Å². The molecule has 1 aliphatic heterocycles. The Kier molecular flexibility index (Phi) is 9.92. The number of aliphatic hydroxyl groups is 1. The van der Waals surface area contributed by atoms with Crippen LogP contribution in [0.4, 0.5) is 5.69 Å². The first kappa shape index (κ1) is 32.6. The van der Waals surface area contributed by atoms with Gasteiger partial charge in [-0.05, 0) is 73.7 Å². The van der Waals surface area contributed by atoms with Crippen LogP contribution in [0.5, 0.6) is 11.5 Å². The number of hydrogen-bond acceptors (Lipinski definition) is 8. The van der Waals surface area contributed by atoms with Gasteiger partial charge in [0.2, 0.25) is 10.0 Å². The SMILES string of the molecule is COc1ccc(S(=O)(=O)N(C)C[C@@H]2Oc3ccc(NS(=O)(=O)c4ccc(Cl)cc4)cc3C(=O)N([C@@H](C)CO)C[C@H]2C)cc1. The Morgan fingerprint density at radius 2 is 1.70 bits per heavy atom. The summed E-state index contributed by atoms with van der Waals surface area (Å²) >= 11 is 5.89. The minimum atomic E-state index is -4.00. The molecular formula is C29H34ClN3O8S2. The van der Waals surface area contributed by atoms with Gasteiger partial charge >= 0.3 is 0 Å². The Morgan fingerprint density at radius 3 is 2.30 bits per heavy atom. The van der Waals surface area contributed by atoms with E-state index in [1.807, 2.05) is 6.92 Å². The van der Waals surface area contributed by atoms with Crippen LogP contribution in [0.25, 0.3) is 0 Å². The summed E-state index contributed by atoms with van der Waals surface area (Å²) in [5, 5.41) is 10.3. The number of amides is 1. The third kappa shape index (κ3) is 7.24. The van der Waals surface area contributed by atoms with E-state index in [0.717, 1.165) is 0 Å². The molecule has 0 unspecified atom stereocenters. The van der Waals surface area contributed by atoms with Crippen LogP contribution in [0, 0.1) is 5.92 Å². The van der Waals surface area contributed by atoms with Gasteiger partial charge in [0, 0.05) is 30.2 Å². The number of rotatable bonds is 10. The van der Waals surface area contributed by atoms with Gasteiger partial charge in [0.25, 0.3) is 15.9 Å². The van der Waals surface area contributed by atoms with Gasteiger partial charge in [0.15, 0.2) is 0 Å². The molecule has 0 spiro atoms. The van der Waals surface area contributed by atoms with Crippen molar-refractivity contribution in [1.82, 2.24) is 9.21 Å². The highest BCUT2D eigenvalue weighted by molar-refractivity contribution is 7.92. The van der Waals surface area contributed by atoms with Gasteiger partial charge in [-0.3, -0.25) is 9.52 Å². The van der Waals surface area contributed by atoms with Gasteiger partial charge in [-0.2, -0.15) is 4.31 Å². The first-order chi connectivity index (χ1) is 20.3. The average molecular weight is 652 g/mol. The zero-order valence-corrected chi connectivity index (χ0v) is 26.5. The van der Waals surface area contributed by atoms with Gasteiger partial charge in [-0.25, -0.2) is 16.8 Å². The zero-order chi connectivity index (χ0) is 31.5. The maximum atomic E-state index is 13.7. The van der Waals surface area contributed by atoms with Crippen molar-refractivity contribution >= 4 is 43.2 Å². The number of methoxy groups -OCH3 is 1. The van der Waals surface area contributed by atoms with E-state index < -0.39 is 38.1 Å². The first-order valence-corrected chi connectivity index (χ1v) is 16.7. The lowest BCUT2D eigenvalue weighted by Gasteiger charge is -2.38. The summed E-state index contributed by atoms with van der Waals surface area (Å²) in [7, 11) is -4.96. The number of carbonyl (C=O) groups excluding carboxylic acids is 1. The molecule has 3 aromatic carbocycles. The molecule has 0 fully saturated rings. The van der Waals surface area contributed by atoms with E-state index in [0.29, 0.717) is 10.8 Å². The molecule has 1 aliphatic rings. The lowest BCUT2D eigenvalue weighted by atomic mass is 9.99. The van der Waals surface area contributed by atoms with E-state index in [9.17, 15) is 26.7 Å². The number of benzene rings is 3. The summed E-state index contributed by atoms with van der Waals surface area (Å²) in [5.74, 6) is -0.134. The highest BCUT2D eigenvalue weighted by Gasteiger charge is 2.35. The highest BCUT2D eigenvalue weighted by Crippen LogP contribution is 2.32. The van der Waals surface area contributed by atoms with Crippen LogP contribution in [-0.4, -0.2) is 83.1 Å². The summed E-state index contributed by atoms with van der Waals surface area (Å²) in [6.07, 6.45) is -0.699. The maximum absolute atomic E-state index is 13.7. The molecular weight excluding hydrogens is 618 g/mol. The van der Waals surface area contributed by atoms with Gasteiger partial charge in [0.05, 0.1) is 41.7 Å². The molecule has 14 heteroatoms. The number of nitrogens with zero attached hydrogens (tertiary/aromatic N) is 2. The number of halogens is 1. The molecule has 4 rings (SSSR count). The molecule has 1 amide bonds. The molecule has 0 radical (unpaired) electrons. The zero-order valence-electron chi connectivity index (χ0n) is 24.1. The number of fused-ring (bicyclic) bond motifs is 1. The molecule has 0 saturated carbocycles. The quantitative estimate of drug-likeness (QED) is 0.338. The van der Waals surface area contributed by atoms with E-state index in [4.69, 9.17) is 21.1 Å². The molecule has 0 aromatic heterocycles. The van der Waals surface area contributed by atoms with Crippen LogP contribution < -0.4 is 14.2 Å². The Bertz CT molecular complexity index is 1670. The fraction of sp³-hybridized carbons (Fsp3) is 0.345. The number of aliphatic hydroxyl groups excluding tert-OH is 1. The molecule has 2 N–H and O–H groups in total. The van der Waals surface area contributed by atoms with Crippen LogP contribution in [0.2, 0.25) is 5.02 Å². The maximum Gasteiger partial charge on any atom is 0.261 e. The van der Waals surface area contributed by atoms with Crippen molar-refractivity contribution in [1.29, 1.82) is 0 Å². The fourth-order valence-corrected chi connectivity index (χ4v) is 6.97. The monoisotopic (exact) mass is 651 g/mol. The van der Waals surface area contributed by atoms with Crippen LogP contribution in [0.3, 0.4) is 0 Å². The number of ether oxygens (including phenoxy) is 2. The smallest absolute Gasteiger partial charge is 0.261 e. The Balaban J connectivity index is 1.67. The van der Waals surface area contributed by atoms with E-state index >= 15 is 0 Å². The number of hydrogen-bond donors (Lipinski definition) is 2. The van der Waals surface area contributed by atoms with Gasteiger partial charge in [-0.1, -0.05) is 18.5 Å². The summed E-state index contributed by atoms with van der Waals surface area (Å²) in [6, 6.07) is 15.4. The van der Waals surface area contributed by atoms with E-state index in [-0.39, 0.29) is 52.4 Å². The van der Waals surface area contributed by atoms with Gasteiger partial charge in [-0.15, -0.1) is 0 Å². The highest BCUT2D eigenvalue weighted by atomic mass is 35.5. The predicted octanol–water partition coefficient (Wildman–Crippen LogP) is 3.69. The van der Waals surface area contributed by atoms with Crippen molar-refractivity contribution in [3.05, 3.63) is 77.3 Å². The van der Waals surface area contributed by atoms with Crippen molar-refractivity contribution in [2.24, 2.45) is 5.92 Å². The standard InChI is InChI=1S/C29H34ClN3O8S2/c1-19-16-33(20(2)18-34)29(35)26-15-22(31-42(36,37)24-10-5-21(30)6-11-24)7-14-27(26)41-28(19)17-32(3)43(38,39)25-12-8-23(40-4)9-13-25/h5-15,19-20,28,31,34H,16-18H2,1-4H3/t19-,20+,28+/m1/s1. The number of carbonyl (C=O) groups is 1. The normalized spacial score (nSPS) is 18.3. The topological polar surface area (TPSA) is 143 Å². The van der Waals surface area contributed by atoms with E-state index in [1.54, 1.807) is 19.1 Å². The second-order valence-electron chi connectivity index (χ2n) is 10.4. The fourth-order valence-electron chi connectivity index (χ4n) is 4.61. The van der Waals surface area contributed by atoms with Gasteiger partial charge in [0.1, 0.15) is 17.6 Å². The molecule has 3 aromatic rings. The third-order valence-electron chi connectivity index (χ3n) is 7.25. The summed E-state index contributed by atoms with van der Waals surface area (Å²) < 4.78 is 67.7. The van der Waals surface area contributed by atoms with Crippen molar-refractivity contribution in [2.75, 3.05) is 38.6 Å². The summed E-state index contributed by atoms with van der Waals surface area (Å²) in [5.41, 5.74) is 0.181. The van der Waals surface area contributed by atoms with Gasteiger partial charge < -0.3 is 19.5 Å². The van der Waals surface area contributed by atoms with E-state index in [1.165, 1.54) is 78.0 Å². The lowest BCUT2D eigenvalue weighted by Crippen LogP contribution is -2.50. The molecule has 3 atom stereocenters. The van der Waals surface area contributed by atoms with Crippen molar-refractivity contribution in [3.8, 4) is 11.5 Å². The number of sulfonamides is 2. The van der Waals surface area contributed by atoms with Crippen LogP contribution in [0.15, 0.2) is 76.5 Å². The molecule has 11 nitrogen and oxygen atoms in total. The Hall–Kier alpha value is -3.36. The first-order valence-electron chi connectivity index (χ1n) is 13.4. The van der Waals surface area contributed by atoms with Crippen LogP contribution in [-0.2, 0) is 20.0 Å².